The highest BCUT2D eigenvalue weighted by Gasteiger charge is 2.37. The number of hydrogen-bond acceptors (Lipinski definition) is 8. The van der Waals surface area contributed by atoms with Crippen molar-refractivity contribution in [3.05, 3.63) is 95.2 Å². The first-order valence-corrected chi connectivity index (χ1v) is 12.4. The molecule has 0 bridgehead atoms. The van der Waals surface area contributed by atoms with E-state index in [2.05, 4.69) is 20.3 Å². The van der Waals surface area contributed by atoms with Crippen molar-refractivity contribution in [1.82, 2.24) is 39.6 Å². The molecule has 0 aliphatic carbocycles. The maximum atomic E-state index is 6.10. The molecule has 194 valence electrons. The summed E-state index contributed by atoms with van der Waals surface area (Å²) in [6.07, 6.45) is 5.45. The number of nitrogens with zero attached hydrogens (tertiary/aromatic N) is 7. The summed E-state index contributed by atoms with van der Waals surface area (Å²) in [5.41, 5.74) is 6.15. The Morgan fingerprint density at radius 3 is 2.74 bits per heavy atom. The van der Waals surface area contributed by atoms with Crippen LogP contribution in [0.1, 0.15) is 33.9 Å². The van der Waals surface area contributed by atoms with Crippen molar-refractivity contribution in [3.8, 4) is 34.6 Å². The number of aryl methyl sites for hydroxylation is 2. The van der Waals surface area contributed by atoms with Gasteiger partial charge >= 0.3 is 0 Å². The van der Waals surface area contributed by atoms with Crippen LogP contribution in [0, 0.1) is 6.92 Å². The number of rotatable bonds is 6. The first-order valence-electron chi connectivity index (χ1n) is 12.4. The van der Waals surface area contributed by atoms with Gasteiger partial charge in [-0.1, -0.05) is 30.3 Å². The Bertz CT molecular complexity index is 1840. The fourth-order valence-electron chi connectivity index (χ4n) is 5.01. The van der Waals surface area contributed by atoms with Gasteiger partial charge in [-0.2, -0.15) is 5.10 Å². The lowest BCUT2D eigenvalue weighted by atomic mass is 9.86. The van der Waals surface area contributed by atoms with Gasteiger partial charge in [0.05, 0.1) is 24.8 Å². The Balaban J connectivity index is 1.28. The Morgan fingerprint density at radius 2 is 1.92 bits per heavy atom. The quantitative estimate of drug-likeness (QED) is 0.342. The van der Waals surface area contributed by atoms with E-state index in [0.717, 1.165) is 33.5 Å². The Labute approximate surface area is 223 Å². The minimum absolute atomic E-state index is 0.218. The van der Waals surface area contributed by atoms with E-state index in [9.17, 15) is 0 Å². The van der Waals surface area contributed by atoms with Crippen molar-refractivity contribution >= 4 is 5.65 Å². The smallest absolute Gasteiger partial charge is 0.244 e. The van der Waals surface area contributed by atoms with Crippen LogP contribution in [0.25, 0.3) is 17.0 Å². The summed E-state index contributed by atoms with van der Waals surface area (Å²) in [6.45, 7) is 2.35. The normalized spacial score (nSPS) is 14.1. The molecule has 1 N–H and O–H groups in total. The average Bonchev–Trinajstić information content (AvgIpc) is 3.69. The Hall–Kier alpha value is -5.19. The zero-order valence-electron chi connectivity index (χ0n) is 21.5. The van der Waals surface area contributed by atoms with E-state index in [1.54, 1.807) is 22.6 Å². The summed E-state index contributed by atoms with van der Waals surface area (Å²) >= 11 is 0. The van der Waals surface area contributed by atoms with Crippen LogP contribution >= 0.6 is 0 Å². The van der Waals surface area contributed by atoms with E-state index in [-0.39, 0.29) is 5.92 Å². The fraction of sp³-hybridized carbons (Fsp3) is 0.179. The second-order valence-corrected chi connectivity index (χ2v) is 9.36. The molecular formula is C28H24N8O3. The number of para-hydroxylation sites is 2. The third-order valence-electron chi connectivity index (χ3n) is 6.82. The van der Waals surface area contributed by atoms with Crippen LogP contribution in [-0.2, 0) is 13.7 Å². The number of benzene rings is 2. The highest BCUT2D eigenvalue weighted by Crippen LogP contribution is 2.48. The van der Waals surface area contributed by atoms with Crippen molar-refractivity contribution in [2.45, 2.75) is 19.4 Å². The molecule has 0 spiro atoms. The lowest BCUT2D eigenvalue weighted by Gasteiger charge is -2.24. The molecule has 0 amide bonds. The van der Waals surface area contributed by atoms with E-state index >= 15 is 0 Å². The van der Waals surface area contributed by atoms with Crippen LogP contribution in [0.15, 0.2) is 67.3 Å². The number of H-pyrrole nitrogens is 1. The van der Waals surface area contributed by atoms with Gasteiger partial charge in [0, 0.05) is 35.6 Å². The van der Waals surface area contributed by atoms with E-state index in [1.807, 2.05) is 74.9 Å². The molecule has 5 heterocycles. The number of ether oxygens (including phenoxy) is 3. The van der Waals surface area contributed by atoms with Crippen molar-refractivity contribution < 1.29 is 14.2 Å². The van der Waals surface area contributed by atoms with Crippen LogP contribution in [-0.4, -0.2) is 46.7 Å². The molecule has 1 atom stereocenters. The third kappa shape index (κ3) is 3.86. The molecule has 0 fully saturated rings. The monoisotopic (exact) mass is 520 g/mol. The van der Waals surface area contributed by atoms with Gasteiger partial charge < -0.3 is 14.2 Å². The zero-order valence-corrected chi connectivity index (χ0v) is 21.5. The van der Waals surface area contributed by atoms with E-state index in [0.29, 0.717) is 41.3 Å². The summed E-state index contributed by atoms with van der Waals surface area (Å²) in [5, 5.41) is 16.6. The molecule has 0 unspecified atom stereocenters. The second-order valence-electron chi connectivity index (χ2n) is 9.36. The maximum Gasteiger partial charge on any atom is 0.244 e. The van der Waals surface area contributed by atoms with Gasteiger partial charge in [0.1, 0.15) is 12.9 Å². The first-order chi connectivity index (χ1) is 19.1. The predicted octanol–water partition coefficient (Wildman–Crippen LogP) is 4.43. The predicted molar refractivity (Wildman–Crippen MR) is 141 cm³/mol. The molecule has 0 saturated heterocycles. The minimum atomic E-state index is -0.218. The molecule has 0 radical (unpaired) electrons. The van der Waals surface area contributed by atoms with Crippen LogP contribution in [0.4, 0.5) is 0 Å². The fourth-order valence-corrected chi connectivity index (χ4v) is 5.01. The van der Waals surface area contributed by atoms with Crippen molar-refractivity contribution in [1.29, 1.82) is 0 Å². The number of nitrogens with one attached hydrogen (secondary N) is 1. The largest absolute Gasteiger partial charge is 0.493 e. The molecule has 1 aliphatic rings. The van der Waals surface area contributed by atoms with Crippen molar-refractivity contribution in [2.24, 2.45) is 7.05 Å². The van der Waals surface area contributed by atoms with Crippen LogP contribution in [0.2, 0.25) is 0 Å². The van der Waals surface area contributed by atoms with E-state index < -0.39 is 0 Å². The molecule has 0 saturated carbocycles. The van der Waals surface area contributed by atoms with Gasteiger partial charge in [-0.15, -0.1) is 10.2 Å². The molecule has 39 heavy (non-hydrogen) atoms. The van der Waals surface area contributed by atoms with Gasteiger partial charge in [0.15, 0.2) is 23.0 Å². The summed E-state index contributed by atoms with van der Waals surface area (Å²) in [5.74, 6) is 2.69. The second kappa shape index (κ2) is 8.98. The lowest BCUT2D eigenvalue weighted by molar-refractivity contribution is 0.284. The van der Waals surface area contributed by atoms with Gasteiger partial charge in [0.2, 0.25) is 11.8 Å². The molecule has 7 rings (SSSR count). The zero-order chi connectivity index (χ0) is 26.5. The molecular weight excluding hydrogens is 496 g/mol. The van der Waals surface area contributed by atoms with Crippen molar-refractivity contribution in [2.75, 3.05) is 7.11 Å². The summed E-state index contributed by atoms with van der Waals surface area (Å²) in [7, 11) is 3.52. The number of aromatic nitrogens is 8. The number of aromatic amines is 1. The SMILES string of the molecule is COc1ccccc1OCc1cccc(-c2nc3c4c(ncn3n2)Oc2n[nH]c(C)c2[C@H]4c2cnn(C)c2)c1. The maximum absolute atomic E-state index is 6.10. The average molecular weight is 521 g/mol. The Kier molecular flexibility index (Phi) is 5.29. The minimum Gasteiger partial charge on any atom is -0.493 e. The van der Waals surface area contributed by atoms with Gasteiger partial charge in [-0.3, -0.25) is 9.78 Å². The van der Waals surface area contributed by atoms with Gasteiger partial charge in [0.25, 0.3) is 0 Å². The highest BCUT2D eigenvalue weighted by atomic mass is 16.5. The van der Waals surface area contributed by atoms with E-state index in [4.69, 9.17) is 24.3 Å². The highest BCUT2D eigenvalue weighted by molar-refractivity contribution is 5.68. The Morgan fingerprint density at radius 1 is 1.05 bits per heavy atom. The molecule has 6 aromatic rings. The first kappa shape index (κ1) is 23.0. The van der Waals surface area contributed by atoms with E-state index in [1.165, 1.54) is 0 Å². The topological polar surface area (TPSA) is 117 Å². The molecule has 1 aliphatic heterocycles. The number of hydrogen-bond donors (Lipinski definition) is 1. The van der Waals surface area contributed by atoms with Gasteiger partial charge in [-0.25, -0.2) is 14.5 Å². The molecule has 4 aromatic heterocycles. The lowest BCUT2D eigenvalue weighted by Crippen LogP contribution is -2.14. The molecule has 11 nitrogen and oxygen atoms in total. The van der Waals surface area contributed by atoms with Crippen molar-refractivity contribution in [3.63, 3.8) is 0 Å². The van der Waals surface area contributed by atoms with Crippen LogP contribution in [0.3, 0.4) is 0 Å². The summed E-state index contributed by atoms with van der Waals surface area (Å²) in [4.78, 5) is 9.53. The number of fused-ring (bicyclic) bond motifs is 4. The van der Waals surface area contributed by atoms with Crippen LogP contribution < -0.4 is 14.2 Å². The number of methoxy groups -OCH3 is 1. The third-order valence-corrected chi connectivity index (χ3v) is 6.82. The van der Waals surface area contributed by atoms with Gasteiger partial charge in [-0.05, 0) is 30.7 Å². The molecule has 11 heteroatoms. The molecule has 2 aromatic carbocycles. The standard InChI is InChI=1S/C28H24N8O3/c1-16-22-23(19-12-30-35(2)13-19)24-26-31-25(34-36(26)15-29-27(24)39-28(22)33-32-16)18-8-6-7-17(11-18)14-38-21-10-5-4-9-20(21)37-3/h4-13,15,23H,14H2,1-3H3,(H,32,33)/t23-/m1/s1. The summed E-state index contributed by atoms with van der Waals surface area (Å²) < 4.78 is 21.0. The summed E-state index contributed by atoms with van der Waals surface area (Å²) in [6, 6.07) is 15.6. The van der Waals surface area contributed by atoms with Crippen LogP contribution in [0.5, 0.6) is 23.3 Å².